The summed E-state index contributed by atoms with van der Waals surface area (Å²) in [5.41, 5.74) is 3.50. The number of urea groups is 1. The van der Waals surface area contributed by atoms with Gasteiger partial charge >= 0.3 is 6.03 Å². The zero-order valence-corrected chi connectivity index (χ0v) is 14.4. The smallest absolute Gasteiger partial charge is 0.319 e. The van der Waals surface area contributed by atoms with Gasteiger partial charge in [0.15, 0.2) is 0 Å². The van der Waals surface area contributed by atoms with Crippen molar-refractivity contribution in [2.24, 2.45) is 0 Å². The molecule has 4 nitrogen and oxygen atoms in total. The van der Waals surface area contributed by atoms with E-state index in [4.69, 9.17) is 0 Å². The Bertz CT molecular complexity index is 518. The van der Waals surface area contributed by atoms with Crippen LogP contribution in [0.5, 0.6) is 0 Å². The number of hydrogen-bond donors (Lipinski definition) is 2. The van der Waals surface area contributed by atoms with E-state index in [0.717, 1.165) is 25.2 Å². The van der Waals surface area contributed by atoms with Crippen LogP contribution in [0.2, 0.25) is 0 Å². The van der Waals surface area contributed by atoms with Crippen LogP contribution in [-0.2, 0) is 0 Å². The molecule has 0 saturated carbocycles. The molecule has 23 heavy (non-hydrogen) atoms. The molecule has 0 aliphatic heterocycles. The molecule has 1 aromatic carbocycles. The Morgan fingerprint density at radius 3 is 2.48 bits per heavy atom. The third kappa shape index (κ3) is 5.62. The number of amides is 2. The van der Waals surface area contributed by atoms with Crippen LogP contribution in [0.25, 0.3) is 0 Å². The lowest BCUT2D eigenvalue weighted by molar-refractivity contribution is 0.252. The molecule has 0 heterocycles. The average Bonchev–Trinajstić information content (AvgIpc) is 2.58. The molecule has 0 atom stereocenters. The monoisotopic (exact) mass is 315 g/mol. The fourth-order valence-electron chi connectivity index (χ4n) is 2.99. The lowest BCUT2D eigenvalue weighted by atomic mass is 9.97. The van der Waals surface area contributed by atoms with E-state index in [-0.39, 0.29) is 6.03 Å². The van der Waals surface area contributed by atoms with Gasteiger partial charge in [-0.15, -0.1) is 0 Å². The standard InChI is InChI=1S/C19H29N3O/c1-3-22(4-2)18-12-10-17(11-13-18)21-19(23)20-15-14-16-8-6-5-7-9-16/h8,10-13H,3-7,9,14-15H2,1-2H3,(H2,20,21,23). The highest BCUT2D eigenvalue weighted by Crippen LogP contribution is 2.19. The highest BCUT2D eigenvalue weighted by molar-refractivity contribution is 5.89. The number of allylic oxidation sites excluding steroid dienone is 1. The number of anilines is 2. The van der Waals surface area contributed by atoms with Crippen molar-refractivity contribution in [2.75, 3.05) is 29.9 Å². The van der Waals surface area contributed by atoms with Gasteiger partial charge in [-0.1, -0.05) is 11.6 Å². The van der Waals surface area contributed by atoms with E-state index in [9.17, 15) is 4.79 Å². The fourth-order valence-corrected chi connectivity index (χ4v) is 2.99. The lowest BCUT2D eigenvalue weighted by Gasteiger charge is -2.21. The van der Waals surface area contributed by atoms with E-state index in [1.165, 1.54) is 36.9 Å². The maximum Gasteiger partial charge on any atom is 0.319 e. The SMILES string of the molecule is CCN(CC)c1ccc(NC(=O)NCCC2=CCCCC2)cc1. The first kappa shape index (κ1) is 17.4. The lowest BCUT2D eigenvalue weighted by Crippen LogP contribution is -2.29. The molecule has 2 rings (SSSR count). The molecule has 2 amide bonds. The first-order valence-electron chi connectivity index (χ1n) is 8.80. The Hall–Kier alpha value is -1.97. The second-order valence-electron chi connectivity index (χ2n) is 5.96. The topological polar surface area (TPSA) is 44.4 Å². The minimum atomic E-state index is -0.128. The number of carbonyl (C=O) groups excluding carboxylic acids is 1. The van der Waals surface area contributed by atoms with Crippen LogP contribution in [0.1, 0.15) is 46.0 Å². The largest absolute Gasteiger partial charge is 0.372 e. The third-order valence-corrected chi connectivity index (χ3v) is 4.37. The number of carbonyl (C=O) groups is 1. The number of hydrogen-bond acceptors (Lipinski definition) is 2. The van der Waals surface area contributed by atoms with Crippen molar-refractivity contribution in [3.05, 3.63) is 35.9 Å². The zero-order chi connectivity index (χ0) is 16.5. The van der Waals surface area contributed by atoms with E-state index in [0.29, 0.717) is 6.54 Å². The van der Waals surface area contributed by atoms with Gasteiger partial charge in [0.25, 0.3) is 0 Å². The van der Waals surface area contributed by atoms with Gasteiger partial charge in [-0.25, -0.2) is 4.79 Å². The Morgan fingerprint density at radius 1 is 1.13 bits per heavy atom. The Labute approximate surface area is 140 Å². The maximum atomic E-state index is 11.9. The Kier molecular flexibility index (Phi) is 6.98. The van der Waals surface area contributed by atoms with Crippen molar-refractivity contribution < 1.29 is 4.79 Å². The molecule has 0 bridgehead atoms. The van der Waals surface area contributed by atoms with Crippen LogP contribution in [0.4, 0.5) is 16.2 Å². The molecule has 0 radical (unpaired) electrons. The van der Waals surface area contributed by atoms with Gasteiger partial charge in [0.1, 0.15) is 0 Å². The maximum absolute atomic E-state index is 11.9. The van der Waals surface area contributed by atoms with Crippen molar-refractivity contribution in [2.45, 2.75) is 46.0 Å². The summed E-state index contributed by atoms with van der Waals surface area (Å²) >= 11 is 0. The highest BCUT2D eigenvalue weighted by atomic mass is 16.2. The van der Waals surface area contributed by atoms with E-state index < -0.39 is 0 Å². The molecule has 126 valence electrons. The molecule has 1 aliphatic rings. The number of nitrogens with zero attached hydrogens (tertiary/aromatic N) is 1. The molecule has 0 unspecified atom stereocenters. The summed E-state index contributed by atoms with van der Waals surface area (Å²) in [6.45, 7) is 6.96. The van der Waals surface area contributed by atoms with Gasteiger partial charge < -0.3 is 15.5 Å². The van der Waals surface area contributed by atoms with E-state index in [1.807, 2.05) is 12.1 Å². The molecule has 2 N–H and O–H groups in total. The van der Waals surface area contributed by atoms with Crippen LogP contribution in [0, 0.1) is 0 Å². The second kappa shape index (κ2) is 9.23. The van der Waals surface area contributed by atoms with Crippen LogP contribution < -0.4 is 15.5 Å². The molecular weight excluding hydrogens is 286 g/mol. The van der Waals surface area contributed by atoms with Gasteiger partial charge in [-0.2, -0.15) is 0 Å². The summed E-state index contributed by atoms with van der Waals surface area (Å²) < 4.78 is 0. The molecule has 0 fully saturated rings. The van der Waals surface area contributed by atoms with Crippen molar-refractivity contribution >= 4 is 17.4 Å². The molecule has 1 aromatic rings. The quantitative estimate of drug-likeness (QED) is 0.725. The predicted octanol–water partition coefficient (Wildman–Crippen LogP) is 4.54. The van der Waals surface area contributed by atoms with E-state index in [1.54, 1.807) is 0 Å². The predicted molar refractivity (Wildman–Crippen MR) is 98.2 cm³/mol. The Balaban J connectivity index is 1.75. The minimum absolute atomic E-state index is 0.128. The minimum Gasteiger partial charge on any atom is -0.372 e. The van der Waals surface area contributed by atoms with Crippen molar-refractivity contribution in [3.63, 3.8) is 0 Å². The number of rotatable bonds is 7. The summed E-state index contributed by atoms with van der Waals surface area (Å²) in [5, 5.41) is 5.83. The van der Waals surface area contributed by atoms with Gasteiger partial charge in [-0.05, 0) is 70.2 Å². The molecule has 0 saturated heterocycles. The van der Waals surface area contributed by atoms with E-state index in [2.05, 4.69) is 47.6 Å². The molecule has 1 aliphatic carbocycles. The summed E-state index contributed by atoms with van der Waals surface area (Å²) in [6, 6.07) is 7.88. The fraction of sp³-hybridized carbons (Fsp3) is 0.526. The van der Waals surface area contributed by atoms with E-state index >= 15 is 0 Å². The summed E-state index contributed by atoms with van der Waals surface area (Å²) in [5.74, 6) is 0. The van der Waals surface area contributed by atoms with Gasteiger partial charge in [-0.3, -0.25) is 0 Å². The van der Waals surface area contributed by atoms with Crippen LogP contribution >= 0.6 is 0 Å². The highest BCUT2D eigenvalue weighted by Gasteiger charge is 2.06. The summed E-state index contributed by atoms with van der Waals surface area (Å²) in [6.07, 6.45) is 8.28. The molecule has 0 aromatic heterocycles. The van der Waals surface area contributed by atoms with Crippen LogP contribution in [-0.4, -0.2) is 25.7 Å². The Morgan fingerprint density at radius 2 is 1.87 bits per heavy atom. The molecule has 4 heteroatoms. The first-order chi connectivity index (χ1) is 11.2. The van der Waals surface area contributed by atoms with Crippen molar-refractivity contribution in [3.8, 4) is 0 Å². The van der Waals surface area contributed by atoms with Gasteiger partial charge in [0.2, 0.25) is 0 Å². The normalized spacial score (nSPS) is 14.1. The van der Waals surface area contributed by atoms with Crippen molar-refractivity contribution in [1.82, 2.24) is 5.32 Å². The third-order valence-electron chi connectivity index (χ3n) is 4.37. The number of benzene rings is 1. The van der Waals surface area contributed by atoms with Gasteiger partial charge in [0.05, 0.1) is 0 Å². The summed E-state index contributed by atoms with van der Waals surface area (Å²) in [7, 11) is 0. The first-order valence-corrected chi connectivity index (χ1v) is 8.80. The van der Waals surface area contributed by atoms with Gasteiger partial charge in [0, 0.05) is 31.0 Å². The molecule has 0 spiro atoms. The summed E-state index contributed by atoms with van der Waals surface area (Å²) in [4.78, 5) is 14.2. The molecular formula is C19H29N3O. The number of nitrogens with one attached hydrogen (secondary N) is 2. The van der Waals surface area contributed by atoms with Crippen molar-refractivity contribution in [1.29, 1.82) is 0 Å². The van der Waals surface area contributed by atoms with Crippen LogP contribution in [0.15, 0.2) is 35.9 Å². The van der Waals surface area contributed by atoms with Crippen LogP contribution in [0.3, 0.4) is 0 Å². The average molecular weight is 315 g/mol. The second-order valence-corrected chi connectivity index (χ2v) is 5.96. The zero-order valence-electron chi connectivity index (χ0n) is 14.4.